The SMILES string of the molecule is Nc1ncc2c(F)cc(-c3c(F)cc(F)cc3F)n2n1.O=S(=O)(C1CC1)N1CCCC(O)C1. The van der Waals surface area contributed by atoms with Crippen LogP contribution < -0.4 is 5.73 Å². The average Bonchev–Trinajstić information content (AvgIpc) is 3.54. The van der Waals surface area contributed by atoms with Crippen LogP contribution in [0.5, 0.6) is 0 Å². The molecule has 0 amide bonds. The Kier molecular flexibility index (Phi) is 6.29. The second-order valence-corrected chi connectivity index (χ2v) is 10.1. The lowest BCUT2D eigenvalue weighted by molar-refractivity contribution is 0.108. The molecule has 1 unspecified atom stereocenters. The highest BCUT2D eigenvalue weighted by atomic mass is 32.2. The van der Waals surface area contributed by atoms with Gasteiger partial charge in [-0.05, 0) is 25.7 Å². The van der Waals surface area contributed by atoms with Crippen molar-refractivity contribution in [3.63, 3.8) is 0 Å². The van der Waals surface area contributed by atoms with E-state index in [0.717, 1.165) is 42.5 Å². The highest BCUT2D eigenvalue weighted by molar-refractivity contribution is 7.90. The number of anilines is 1. The fourth-order valence-electron chi connectivity index (χ4n) is 3.66. The molecule has 3 N–H and O–H groups in total. The molecule has 1 aliphatic carbocycles. The molecule has 0 spiro atoms. The van der Waals surface area contributed by atoms with Crippen LogP contribution in [0.25, 0.3) is 16.8 Å². The molecule has 0 bridgehead atoms. The maximum absolute atomic E-state index is 13.7. The molecular formula is C20H21F4N5O3S. The second kappa shape index (κ2) is 8.88. The number of nitrogens with two attached hydrogens (primary N) is 1. The first-order valence-corrected chi connectivity index (χ1v) is 11.7. The van der Waals surface area contributed by atoms with Gasteiger partial charge >= 0.3 is 0 Å². The van der Waals surface area contributed by atoms with Crippen molar-refractivity contribution in [3.05, 3.63) is 47.7 Å². The van der Waals surface area contributed by atoms with Gasteiger partial charge in [-0.3, -0.25) is 0 Å². The van der Waals surface area contributed by atoms with E-state index in [2.05, 4.69) is 10.1 Å². The van der Waals surface area contributed by atoms with Crippen LogP contribution in [0.15, 0.2) is 24.4 Å². The number of benzene rings is 1. The van der Waals surface area contributed by atoms with E-state index in [1.165, 1.54) is 4.31 Å². The zero-order chi connectivity index (χ0) is 23.9. The number of rotatable bonds is 3. The van der Waals surface area contributed by atoms with Crippen molar-refractivity contribution < 1.29 is 31.1 Å². The van der Waals surface area contributed by atoms with Crippen LogP contribution in [-0.2, 0) is 10.0 Å². The van der Waals surface area contributed by atoms with Gasteiger partial charge in [0.2, 0.25) is 16.0 Å². The summed E-state index contributed by atoms with van der Waals surface area (Å²) < 4.78 is 79.9. The maximum Gasteiger partial charge on any atom is 0.238 e. The minimum atomic E-state index is -3.05. The Morgan fingerprint density at radius 3 is 2.30 bits per heavy atom. The number of hydrogen-bond donors (Lipinski definition) is 2. The van der Waals surface area contributed by atoms with Gasteiger partial charge in [-0.2, -0.15) is 4.31 Å². The van der Waals surface area contributed by atoms with Gasteiger partial charge in [-0.25, -0.2) is 35.5 Å². The van der Waals surface area contributed by atoms with Crippen LogP contribution in [0.3, 0.4) is 0 Å². The quantitative estimate of drug-likeness (QED) is 0.549. The molecule has 2 fully saturated rings. The highest BCUT2D eigenvalue weighted by Crippen LogP contribution is 2.32. The molecule has 1 atom stereocenters. The van der Waals surface area contributed by atoms with Crippen LogP contribution in [0, 0.1) is 23.3 Å². The fourth-order valence-corrected chi connectivity index (χ4v) is 5.58. The number of nitrogen functional groups attached to an aromatic ring is 1. The van der Waals surface area contributed by atoms with Crippen molar-refractivity contribution in [1.29, 1.82) is 0 Å². The monoisotopic (exact) mass is 487 g/mol. The van der Waals surface area contributed by atoms with Crippen LogP contribution in [0.1, 0.15) is 25.7 Å². The molecule has 0 radical (unpaired) electrons. The number of aliphatic hydroxyl groups is 1. The molecule has 3 aromatic rings. The van der Waals surface area contributed by atoms with Crippen LogP contribution in [-0.4, -0.2) is 56.9 Å². The lowest BCUT2D eigenvalue weighted by atomic mass is 10.1. The van der Waals surface area contributed by atoms with E-state index in [0.29, 0.717) is 25.2 Å². The predicted molar refractivity (Wildman–Crippen MR) is 111 cm³/mol. The van der Waals surface area contributed by atoms with E-state index >= 15 is 0 Å². The molecule has 178 valence electrons. The summed E-state index contributed by atoms with van der Waals surface area (Å²) >= 11 is 0. The number of piperidine rings is 1. The molecule has 33 heavy (non-hydrogen) atoms. The Balaban J connectivity index is 0.000000172. The fraction of sp³-hybridized carbons (Fsp3) is 0.400. The van der Waals surface area contributed by atoms with E-state index in [4.69, 9.17) is 5.73 Å². The third-order valence-corrected chi connectivity index (χ3v) is 7.78. The summed E-state index contributed by atoms with van der Waals surface area (Å²) in [6, 6.07) is 1.88. The third kappa shape index (κ3) is 4.80. The maximum atomic E-state index is 13.7. The van der Waals surface area contributed by atoms with Crippen molar-refractivity contribution in [2.24, 2.45) is 0 Å². The van der Waals surface area contributed by atoms with E-state index in [1.54, 1.807) is 0 Å². The molecule has 3 heterocycles. The van der Waals surface area contributed by atoms with Crippen molar-refractivity contribution >= 4 is 21.5 Å². The zero-order valence-corrected chi connectivity index (χ0v) is 18.1. The van der Waals surface area contributed by atoms with Gasteiger partial charge in [-0.1, -0.05) is 0 Å². The van der Waals surface area contributed by atoms with Gasteiger partial charge in [-0.15, -0.1) is 5.10 Å². The zero-order valence-electron chi connectivity index (χ0n) is 17.3. The number of aliphatic hydroxyl groups excluding tert-OH is 1. The second-order valence-electron chi connectivity index (χ2n) is 7.93. The van der Waals surface area contributed by atoms with E-state index in [9.17, 15) is 31.1 Å². The molecule has 5 rings (SSSR count). The van der Waals surface area contributed by atoms with Gasteiger partial charge < -0.3 is 10.8 Å². The standard InChI is InChI=1S/C12H6F4N4.C8H15NO3S/c13-5-1-7(15)11(8(16)2-5)9-3-6(14)10-4-18-12(17)19-20(9)10;10-7-2-1-5-9(6-7)13(11,12)8-3-4-8/h1-4H,(H2,17,19);7-8,10H,1-6H2. The Bertz CT molecular complexity index is 1270. The molecule has 1 saturated heterocycles. The summed E-state index contributed by atoms with van der Waals surface area (Å²) in [6.07, 6.45) is 3.75. The molecular weight excluding hydrogens is 466 g/mol. The summed E-state index contributed by atoms with van der Waals surface area (Å²) in [7, 11) is -3.05. The molecule has 1 saturated carbocycles. The number of hydrogen-bond acceptors (Lipinski definition) is 6. The first kappa shape index (κ1) is 23.4. The number of fused-ring (bicyclic) bond motifs is 1. The topological polar surface area (TPSA) is 114 Å². The largest absolute Gasteiger partial charge is 0.392 e. The number of β-amino-alcohol motifs (C(OH)–C–C–N with tert-alkyl or cyclic N) is 1. The van der Waals surface area contributed by atoms with Crippen molar-refractivity contribution in [2.45, 2.75) is 37.0 Å². The number of aromatic nitrogens is 3. The first-order chi connectivity index (χ1) is 15.6. The summed E-state index contributed by atoms with van der Waals surface area (Å²) in [5.74, 6) is -4.38. The molecule has 1 aliphatic heterocycles. The van der Waals surface area contributed by atoms with Crippen molar-refractivity contribution in [3.8, 4) is 11.3 Å². The minimum Gasteiger partial charge on any atom is -0.392 e. The summed E-state index contributed by atoms with van der Waals surface area (Å²) in [6.45, 7) is 0.898. The molecule has 8 nitrogen and oxygen atoms in total. The molecule has 1 aromatic carbocycles. The highest BCUT2D eigenvalue weighted by Gasteiger charge is 2.41. The van der Waals surface area contributed by atoms with E-state index in [1.807, 2.05) is 0 Å². The van der Waals surface area contributed by atoms with Crippen molar-refractivity contribution in [2.75, 3.05) is 18.8 Å². The molecule has 2 aliphatic rings. The molecule has 2 aromatic heterocycles. The number of sulfonamides is 1. The summed E-state index contributed by atoms with van der Waals surface area (Å²) in [4.78, 5) is 3.59. The van der Waals surface area contributed by atoms with E-state index < -0.39 is 45.0 Å². The third-order valence-electron chi connectivity index (χ3n) is 5.41. The lowest BCUT2D eigenvalue weighted by Crippen LogP contribution is -2.43. The number of nitrogens with zero attached hydrogens (tertiary/aromatic N) is 4. The van der Waals surface area contributed by atoms with Crippen LogP contribution >= 0.6 is 0 Å². The Labute approximate surface area is 186 Å². The van der Waals surface area contributed by atoms with Gasteiger partial charge in [0.25, 0.3) is 0 Å². The minimum absolute atomic E-state index is 0.0997. The van der Waals surface area contributed by atoms with Gasteiger partial charge in [0, 0.05) is 31.3 Å². The first-order valence-electron chi connectivity index (χ1n) is 10.2. The van der Waals surface area contributed by atoms with Crippen LogP contribution in [0.4, 0.5) is 23.5 Å². The normalized spacial score (nSPS) is 19.4. The molecule has 13 heteroatoms. The van der Waals surface area contributed by atoms with Gasteiger partial charge in [0.15, 0.2) is 5.82 Å². The van der Waals surface area contributed by atoms with E-state index in [-0.39, 0.29) is 22.4 Å². The van der Waals surface area contributed by atoms with Crippen molar-refractivity contribution in [1.82, 2.24) is 18.9 Å². The Hall–Kier alpha value is -2.77. The van der Waals surface area contributed by atoms with Crippen LogP contribution in [0.2, 0.25) is 0 Å². The number of halogens is 4. The predicted octanol–water partition coefficient (Wildman–Crippen LogP) is 2.47. The summed E-state index contributed by atoms with van der Waals surface area (Å²) in [5, 5.41) is 12.9. The van der Waals surface area contributed by atoms with Gasteiger partial charge in [0.05, 0.1) is 28.8 Å². The Morgan fingerprint density at radius 2 is 1.70 bits per heavy atom. The summed E-state index contributed by atoms with van der Waals surface area (Å²) in [5.41, 5.74) is 4.45. The lowest BCUT2D eigenvalue weighted by Gasteiger charge is -2.29. The smallest absolute Gasteiger partial charge is 0.238 e. The van der Waals surface area contributed by atoms with Gasteiger partial charge in [0.1, 0.15) is 23.0 Å². The Morgan fingerprint density at radius 1 is 1.03 bits per heavy atom. The average molecular weight is 487 g/mol.